The van der Waals surface area contributed by atoms with Gasteiger partial charge in [0.1, 0.15) is 0 Å². The summed E-state index contributed by atoms with van der Waals surface area (Å²) in [6.07, 6.45) is 10.5. The van der Waals surface area contributed by atoms with Gasteiger partial charge in [-0.05, 0) is 103 Å². The average Bonchev–Trinajstić information content (AvgIpc) is 3.80. The molecule has 0 saturated heterocycles. The van der Waals surface area contributed by atoms with Gasteiger partial charge in [0.05, 0.1) is 0 Å². The Kier molecular flexibility index (Phi) is 13.5. The van der Waals surface area contributed by atoms with E-state index < -0.39 is 35.3 Å². The van der Waals surface area contributed by atoms with E-state index in [1.165, 1.54) is 49.4 Å². The van der Waals surface area contributed by atoms with Gasteiger partial charge in [-0.1, -0.05) is 170 Å². The second-order valence-electron chi connectivity index (χ2n) is 12.3. The van der Waals surface area contributed by atoms with Crippen molar-refractivity contribution in [1.82, 2.24) is 0 Å². The van der Waals surface area contributed by atoms with E-state index in [0.29, 0.717) is 0 Å². The molecule has 275 valence electrons. The third kappa shape index (κ3) is 12.6. The minimum Gasteiger partial charge on any atom is -0.0622 e. The van der Waals surface area contributed by atoms with Gasteiger partial charge < -0.3 is 0 Å². The van der Waals surface area contributed by atoms with Crippen molar-refractivity contribution in [3.63, 3.8) is 0 Å². The number of halogens is 6. The molecule has 2 saturated carbocycles. The van der Waals surface area contributed by atoms with Gasteiger partial charge in [0.15, 0.2) is 0 Å². The van der Waals surface area contributed by atoms with Gasteiger partial charge >= 0.3 is 36.4 Å². The molecule has 0 aliphatic heterocycles. The molecular weight excluding hydrogens is 917 g/mol. The van der Waals surface area contributed by atoms with Crippen LogP contribution in [0.1, 0.15) is 6.42 Å². The summed E-state index contributed by atoms with van der Waals surface area (Å²) in [5.41, 5.74) is 2.64. The molecule has 0 amide bonds. The molecule has 2 fully saturated rings. The fourth-order valence-corrected chi connectivity index (χ4v) is 11.2. The van der Waals surface area contributed by atoms with Gasteiger partial charge in [-0.15, -0.1) is 0 Å². The number of rotatable bonds is 7. The zero-order valence-corrected chi connectivity index (χ0v) is 34.3. The molecule has 0 atom stereocenters. The van der Waals surface area contributed by atoms with E-state index in [4.69, 9.17) is 0 Å². The van der Waals surface area contributed by atoms with Crippen LogP contribution in [0.5, 0.6) is 0 Å². The third-order valence-corrected chi connectivity index (χ3v) is 13.4. The second-order valence-corrected chi connectivity index (χ2v) is 22.2. The Bertz CT molecular complexity index is 1800. The normalized spacial score (nSPS) is 17.4. The van der Waals surface area contributed by atoms with Crippen molar-refractivity contribution in [3.05, 3.63) is 196 Å². The topological polar surface area (TPSA) is 0 Å². The maximum Gasteiger partial charge on any atom is 0 e. The van der Waals surface area contributed by atoms with Crippen molar-refractivity contribution in [2.75, 3.05) is 0 Å². The Morgan fingerprint density at radius 3 is 0.811 bits per heavy atom. The third-order valence-electron chi connectivity index (χ3n) is 8.39. The first-order chi connectivity index (χ1) is 24.8. The number of benzene rings is 6. The van der Waals surface area contributed by atoms with Gasteiger partial charge in [0.2, 0.25) is 0 Å². The summed E-state index contributed by atoms with van der Waals surface area (Å²) in [5.74, 6) is 1.62. The molecule has 2 aliphatic carbocycles. The van der Waals surface area contributed by atoms with Gasteiger partial charge in [-0.2, -0.15) is 0 Å². The van der Waals surface area contributed by atoms with E-state index in [1.54, 1.807) is 0 Å². The predicted octanol–water partition coefficient (Wildman–Crippen LogP) is 10.5. The molecular formula is C43H36F6P2RhSb-. The molecule has 2 aliphatic rings. The summed E-state index contributed by atoms with van der Waals surface area (Å²) < 4.78 is 59.6. The molecule has 0 heterocycles. The van der Waals surface area contributed by atoms with Crippen LogP contribution in [0.3, 0.4) is 0 Å². The van der Waals surface area contributed by atoms with Crippen LogP contribution in [0.4, 0.5) is 16.9 Å². The largest absolute Gasteiger partial charge is 0.0622 e. The Labute approximate surface area is 326 Å². The SMILES string of the molecule is [CH]1[CH]C2[CH][CH]C1C2.[F][Sb-]([F])([F])([F])([F])[F].[Rh].c1ccc(P(c2ccccc2)c2ccccc2-c2ccccc2P(c2ccccc2)c2ccccc2)cc1. The quantitative estimate of drug-likeness (QED) is 0.0850. The fourth-order valence-electron chi connectivity index (χ4n) is 6.28. The fraction of sp³-hybridized carbons (Fsp3) is 0.0698. The van der Waals surface area contributed by atoms with Crippen LogP contribution in [-0.4, -0.2) is 19.5 Å². The molecule has 0 spiro atoms. The predicted molar refractivity (Wildman–Crippen MR) is 210 cm³/mol. The maximum absolute atomic E-state index is 11.2. The number of fused-ring (bicyclic) bond motifs is 2. The second kappa shape index (κ2) is 17.3. The molecule has 5 radical (unpaired) electrons. The van der Waals surface area contributed by atoms with E-state index in [0.717, 1.165) is 11.8 Å². The molecule has 0 aromatic heterocycles. The maximum atomic E-state index is 9.93. The Morgan fingerprint density at radius 2 is 0.585 bits per heavy atom. The van der Waals surface area contributed by atoms with Gasteiger partial charge in [0, 0.05) is 19.5 Å². The molecule has 6 aromatic rings. The van der Waals surface area contributed by atoms with E-state index >= 15 is 0 Å². The van der Waals surface area contributed by atoms with E-state index in [-0.39, 0.29) is 19.5 Å². The summed E-state index contributed by atoms with van der Waals surface area (Å²) >= 11 is -11.2. The van der Waals surface area contributed by atoms with Crippen LogP contribution in [0.2, 0.25) is 0 Å². The molecule has 0 N–H and O–H groups in total. The zero-order chi connectivity index (χ0) is 36.7. The zero-order valence-electron chi connectivity index (χ0n) is 28.3. The molecule has 0 nitrogen and oxygen atoms in total. The van der Waals surface area contributed by atoms with E-state index in [9.17, 15) is 16.9 Å². The molecule has 53 heavy (non-hydrogen) atoms. The minimum atomic E-state index is -11.2. The van der Waals surface area contributed by atoms with Crippen molar-refractivity contribution >= 4 is 67.1 Å². The monoisotopic (exact) mass is 952 g/mol. The van der Waals surface area contributed by atoms with Crippen LogP contribution in [0, 0.1) is 37.5 Å². The van der Waals surface area contributed by atoms with Crippen LogP contribution in [-0.2, 0) is 19.5 Å². The van der Waals surface area contributed by atoms with Crippen molar-refractivity contribution in [1.29, 1.82) is 0 Å². The first kappa shape index (κ1) is 41.4. The van der Waals surface area contributed by atoms with Crippen molar-refractivity contribution in [3.8, 4) is 11.1 Å². The summed E-state index contributed by atoms with van der Waals surface area (Å²) in [6.45, 7) is 0. The van der Waals surface area contributed by atoms with Crippen LogP contribution in [0.15, 0.2) is 170 Å². The van der Waals surface area contributed by atoms with Gasteiger partial charge in [0.25, 0.3) is 0 Å². The number of hydrogen-bond acceptors (Lipinski definition) is 0. The Hall–Kier alpha value is -2.80. The molecule has 0 unspecified atom stereocenters. The first-order valence-corrected chi connectivity index (χ1v) is 25.2. The standard InChI is InChI=1S/C36H28P2.C7H8.6FH.Rh.Sb/c1-5-17-29(18-6-1)37(30-19-7-2-8-20-30)35-27-15-13-25-33(35)34-26-14-16-28-36(34)38(31-21-9-3-10-22-31)32-23-11-4-12-24-32;1-2-7-4-3-6(1)5-7;;;;;;;;/h1-28H;1-4,6-7H,5H2;6*1H;;/q;;;;;;;;;+5/p-6. The average molecular weight is 953 g/mol. The summed E-state index contributed by atoms with van der Waals surface area (Å²) in [4.78, 5) is 0. The minimum absolute atomic E-state index is 0. The Balaban J connectivity index is 0.000000301. The summed E-state index contributed by atoms with van der Waals surface area (Å²) in [7, 11) is -1.45. The van der Waals surface area contributed by atoms with Crippen LogP contribution in [0.25, 0.3) is 11.1 Å². The van der Waals surface area contributed by atoms with E-state index in [2.05, 4.69) is 196 Å². The van der Waals surface area contributed by atoms with Crippen LogP contribution >= 0.6 is 15.8 Å². The first-order valence-electron chi connectivity index (χ1n) is 16.7. The Morgan fingerprint density at radius 1 is 0.358 bits per heavy atom. The van der Waals surface area contributed by atoms with Crippen molar-refractivity contribution in [2.24, 2.45) is 11.8 Å². The van der Waals surface area contributed by atoms with Crippen LogP contribution < -0.4 is 31.8 Å². The van der Waals surface area contributed by atoms with E-state index in [1.807, 2.05) is 0 Å². The van der Waals surface area contributed by atoms with Crippen molar-refractivity contribution in [2.45, 2.75) is 6.42 Å². The van der Waals surface area contributed by atoms with Gasteiger partial charge in [-0.3, -0.25) is 0 Å². The molecule has 2 bridgehead atoms. The molecule has 10 heteroatoms. The van der Waals surface area contributed by atoms with Gasteiger partial charge in [-0.25, -0.2) is 0 Å². The molecule has 8 rings (SSSR count). The number of hydrogen-bond donors (Lipinski definition) is 0. The summed E-state index contributed by atoms with van der Waals surface area (Å²) in [5, 5.41) is 8.25. The summed E-state index contributed by atoms with van der Waals surface area (Å²) in [6, 6.07) is 62.0. The van der Waals surface area contributed by atoms with Crippen molar-refractivity contribution < 1.29 is 36.4 Å². The molecule has 6 aromatic carbocycles. The smallest absolute Gasteiger partial charge is 0 e.